The SMILES string of the molecule is CCN(CC)c1ccc2cc(-c3nc4ccccc4n3C)c(=O)oc2c1.[Ir+3]. The number of anilines is 1. The summed E-state index contributed by atoms with van der Waals surface area (Å²) in [6.07, 6.45) is 0. The van der Waals surface area contributed by atoms with Crippen LogP contribution in [0.25, 0.3) is 33.4 Å². The molecule has 0 bridgehead atoms. The maximum atomic E-state index is 12.6. The van der Waals surface area contributed by atoms with Crippen LogP contribution in [-0.2, 0) is 27.2 Å². The van der Waals surface area contributed by atoms with E-state index in [4.69, 9.17) is 4.42 Å². The number of para-hydroxylation sites is 2. The van der Waals surface area contributed by atoms with Gasteiger partial charge >= 0.3 is 25.7 Å². The monoisotopic (exact) mass is 540 g/mol. The van der Waals surface area contributed by atoms with Crippen LogP contribution in [0.2, 0.25) is 0 Å². The summed E-state index contributed by atoms with van der Waals surface area (Å²) < 4.78 is 7.57. The molecule has 5 nitrogen and oxygen atoms in total. The topological polar surface area (TPSA) is 51.3 Å². The van der Waals surface area contributed by atoms with Gasteiger partial charge < -0.3 is 13.9 Å². The van der Waals surface area contributed by atoms with Gasteiger partial charge in [0.2, 0.25) is 0 Å². The van der Waals surface area contributed by atoms with Crippen LogP contribution in [0.5, 0.6) is 0 Å². The number of rotatable bonds is 4. The maximum absolute atomic E-state index is 12.6. The number of nitrogens with zero attached hydrogens (tertiary/aromatic N) is 3. The Morgan fingerprint density at radius 1 is 1.07 bits per heavy atom. The van der Waals surface area contributed by atoms with Gasteiger partial charge in [-0.05, 0) is 44.2 Å². The first-order chi connectivity index (χ1) is 12.6. The summed E-state index contributed by atoms with van der Waals surface area (Å²) in [5, 5.41) is 0.891. The second-order valence-corrected chi connectivity index (χ2v) is 6.33. The van der Waals surface area contributed by atoms with E-state index in [0.29, 0.717) is 17.0 Å². The number of hydrogen-bond donors (Lipinski definition) is 0. The van der Waals surface area contributed by atoms with Crippen LogP contribution < -0.4 is 10.5 Å². The zero-order valence-electron chi connectivity index (χ0n) is 15.5. The summed E-state index contributed by atoms with van der Waals surface area (Å²) in [5.74, 6) is 0.620. The number of fused-ring (bicyclic) bond motifs is 2. The van der Waals surface area contributed by atoms with Gasteiger partial charge in [-0.1, -0.05) is 12.1 Å². The molecule has 0 aliphatic heterocycles. The van der Waals surface area contributed by atoms with E-state index in [-0.39, 0.29) is 25.7 Å². The van der Waals surface area contributed by atoms with Gasteiger partial charge in [-0.3, -0.25) is 0 Å². The van der Waals surface area contributed by atoms with Gasteiger partial charge in [0, 0.05) is 37.3 Å². The van der Waals surface area contributed by atoms with Crippen LogP contribution in [-0.4, -0.2) is 22.6 Å². The second-order valence-electron chi connectivity index (χ2n) is 6.33. The molecule has 0 fully saturated rings. The molecule has 0 spiro atoms. The van der Waals surface area contributed by atoms with Crippen LogP contribution in [0.4, 0.5) is 5.69 Å². The first-order valence-electron chi connectivity index (χ1n) is 8.87. The Morgan fingerprint density at radius 3 is 2.52 bits per heavy atom. The van der Waals surface area contributed by atoms with Gasteiger partial charge in [-0.2, -0.15) is 0 Å². The van der Waals surface area contributed by atoms with Crippen molar-refractivity contribution >= 4 is 27.7 Å². The molecule has 2 heterocycles. The van der Waals surface area contributed by atoms with Crippen LogP contribution in [0.15, 0.2) is 57.7 Å². The Labute approximate surface area is 171 Å². The van der Waals surface area contributed by atoms with Gasteiger partial charge in [0.05, 0.1) is 11.0 Å². The fourth-order valence-electron chi connectivity index (χ4n) is 3.43. The van der Waals surface area contributed by atoms with Crippen molar-refractivity contribution in [2.75, 3.05) is 18.0 Å². The number of aromatic nitrogens is 2. The molecule has 27 heavy (non-hydrogen) atoms. The minimum absolute atomic E-state index is 0. The van der Waals surface area contributed by atoms with E-state index in [9.17, 15) is 4.79 Å². The molecule has 2 aromatic heterocycles. The van der Waals surface area contributed by atoms with Crippen LogP contribution in [0.3, 0.4) is 0 Å². The van der Waals surface area contributed by atoms with Gasteiger partial charge in [0.25, 0.3) is 0 Å². The number of hydrogen-bond acceptors (Lipinski definition) is 4. The second kappa shape index (κ2) is 7.67. The van der Waals surface area contributed by atoms with Gasteiger partial charge in [0.1, 0.15) is 17.0 Å². The molecule has 0 saturated carbocycles. The first-order valence-corrected chi connectivity index (χ1v) is 8.87. The minimum atomic E-state index is -0.368. The van der Waals surface area contributed by atoms with E-state index in [1.165, 1.54) is 0 Å². The predicted octanol–water partition coefficient (Wildman–Crippen LogP) is 4.19. The molecular formula is C21H21IrN3O2+3. The van der Waals surface area contributed by atoms with Crippen molar-refractivity contribution in [2.45, 2.75) is 13.8 Å². The zero-order chi connectivity index (χ0) is 18.3. The predicted molar refractivity (Wildman–Crippen MR) is 106 cm³/mol. The Morgan fingerprint density at radius 2 is 1.81 bits per heavy atom. The summed E-state index contributed by atoms with van der Waals surface area (Å²) in [6.45, 7) is 6.03. The van der Waals surface area contributed by atoms with E-state index >= 15 is 0 Å². The third-order valence-electron chi connectivity index (χ3n) is 4.88. The van der Waals surface area contributed by atoms with E-state index in [1.54, 1.807) is 0 Å². The third-order valence-corrected chi connectivity index (χ3v) is 4.88. The van der Waals surface area contributed by atoms with Crippen molar-refractivity contribution < 1.29 is 24.5 Å². The molecule has 0 unspecified atom stereocenters. The fourth-order valence-corrected chi connectivity index (χ4v) is 3.43. The molecule has 0 atom stereocenters. The van der Waals surface area contributed by atoms with Crippen molar-refractivity contribution in [1.82, 2.24) is 9.55 Å². The zero-order valence-corrected chi connectivity index (χ0v) is 17.9. The Bertz CT molecular complexity index is 1160. The van der Waals surface area contributed by atoms with Crippen molar-refractivity contribution in [2.24, 2.45) is 7.05 Å². The van der Waals surface area contributed by atoms with Crippen molar-refractivity contribution in [1.29, 1.82) is 0 Å². The molecule has 0 saturated heterocycles. The van der Waals surface area contributed by atoms with Crippen LogP contribution in [0.1, 0.15) is 13.8 Å². The molecule has 6 heteroatoms. The molecule has 0 aliphatic rings. The summed E-state index contributed by atoms with van der Waals surface area (Å²) in [4.78, 5) is 19.5. The van der Waals surface area contributed by atoms with Crippen LogP contribution in [0, 0.1) is 0 Å². The maximum Gasteiger partial charge on any atom is 3.00 e. The van der Waals surface area contributed by atoms with Crippen molar-refractivity contribution in [3.8, 4) is 11.4 Å². The van der Waals surface area contributed by atoms with E-state index in [0.717, 1.165) is 35.2 Å². The number of aryl methyl sites for hydroxylation is 1. The third kappa shape index (κ3) is 3.31. The fraction of sp³-hybridized carbons (Fsp3) is 0.238. The molecular weight excluding hydrogens is 518 g/mol. The first kappa shape index (κ1) is 19.3. The van der Waals surface area contributed by atoms with Crippen molar-refractivity contribution in [3.05, 3.63) is 59.0 Å². The average molecular weight is 540 g/mol. The molecule has 0 aliphatic carbocycles. The number of benzene rings is 2. The van der Waals surface area contributed by atoms with E-state index in [1.807, 2.05) is 54.1 Å². The Hall–Kier alpha value is -2.43. The molecule has 0 N–H and O–H groups in total. The molecule has 138 valence electrons. The smallest absolute Gasteiger partial charge is 0.422 e. The van der Waals surface area contributed by atoms with E-state index < -0.39 is 0 Å². The largest absolute Gasteiger partial charge is 3.00 e. The van der Waals surface area contributed by atoms with Gasteiger partial charge in [-0.25, -0.2) is 9.78 Å². The minimum Gasteiger partial charge on any atom is -0.422 e. The van der Waals surface area contributed by atoms with Gasteiger partial charge in [-0.15, -0.1) is 0 Å². The normalized spacial score (nSPS) is 10.9. The number of imidazole rings is 1. The van der Waals surface area contributed by atoms with Crippen LogP contribution >= 0.6 is 0 Å². The molecule has 0 amide bonds. The van der Waals surface area contributed by atoms with Crippen molar-refractivity contribution in [3.63, 3.8) is 0 Å². The Kier molecular flexibility index (Phi) is 5.49. The van der Waals surface area contributed by atoms with Gasteiger partial charge in [0.15, 0.2) is 0 Å². The standard InChI is InChI=1S/C21H21N3O2.Ir/c1-4-24(5-2)15-11-10-14-12-16(21(25)26-19(14)13-15)20-22-17-8-6-7-9-18(17)23(20)3;/h6-13H,4-5H2,1-3H3;/q;+3. The summed E-state index contributed by atoms with van der Waals surface area (Å²) in [5.41, 5.74) is 3.61. The average Bonchev–Trinajstić information content (AvgIpc) is 2.99. The summed E-state index contributed by atoms with van der Waals surface area (Å²) in [7, 11) is 1.91. The summed E-state index contributed by atoms with van der Waals surface area (Å²) >= 11 is 0. The quantitative estimate of drug-likeness (QED) is 0.365. The molecule has 2 aromatic carbocycles. The molecule has 4 aromatic rings. The summed E-state index contributed by atoms with van der Waals surface area (Å²) in [6, 6.07) is 15.7. The molecule has 0 radical (unpaired) electrons. The Balaban J connectivity index is 0.00000210. The van der Waals surface area contributed by atoms with E-state index in [2.05, 4.69) is 29.8 Å². The molecule has 4 rings (SSSR count).